The van der Waals surface area contributed by atoms with Crippen molar-refractivity contribution in [3.8, 4) is 0 Å². The van der Waals surface area contributed by atoms with Crippen LogP contribution in [-0.2, 0) is 0 Å². The van der Waals surface area contributed by atoms with E-state index in [4.69, 9.17) is 0 Å². The summed E-state index contributed by atoms with van der Waals surface area (Å²) >= 11 is 0. The van der Waals surface area contributed by atoms with E-state index in [2.05, 4.69) is 15.3 Å². The largest absolute Gasteiger partial charge is 0.368 e. The highest BCUT2D eigenvalue weighted by atomic mass is 19.1. The van der Waals surface area contributed by atoms with Crippen LogP contribution in [0.3, 0.4) is 0 Å². The minimum absolute atomic E-state index is 0.325. The molecule has 1 aromatic carbocycles. The normalized spacial score (nSPS) is 9.67. The molecule has 0 atom stereocenters. The summed E-state index contributed by atoms with van der Waals surface area (Å²) in [4.78, 5) is 6.88. The first-order valence-corrected chi connectivity index (χ1v) is 5.28. The molecule has 0 fully saturated rings. The smallest absolute Gasteiger partial charge is 0.128 e. The van der Waals surface area contributed by atoms with Crippen molar-refractivity contribution in [3.63, 3.8) is 0 Å². The zero-order chi connectivity index (χ0) is 12.8. The number of hydrogen-bond donors (Lipinski definition) is 2. The van der Waals surface area contributed by atoms with Crippen molar-refractivity contribution in [3.05, 3.63) is 66.8 Å². The fourth-order valence-electron chi connectivity index (χ4n) is 1.37. The molecule has 0 aliphatic carbocycles. The Bertz CT molecular complexity index is 536. The van der Waals surface area contributed by atoms with Crippen LogP contribution in [0, 0.1) is 11.6 Å². The van der Waals surface area contributed by atoms with Crippen molar-refractivity contribution in [2.24, 2.45) is 0 Å². The first-order chi connectivity index (χ1) is 8.74. The molecule has 1 heterocycles. The van der Waals surface area contributed by atoms with Crippen molar-refractivity contribution >= 4 is 11.4 Å². The molecule has 0 saturated carbocycles. The van der Waals surface area contributed by atoms with Crippen LogP contribution < -0.4 is 5.32 Å². The maximum atomic E-state index is 13.0. The Labute approximate surface area is 103 Å². The van der Waals surface area contributed by atoms with Gasteiger partial charge in [-0.15, -0.1) is 0 Å². The van der Waals surface area contributed by atoms with Crippen molar-refractivity contribution in [1.82, 2.24) is 9.97 Å². The third kappa shape index (κ3) is 3.55. The van der Waals surface area contributed by atoms with E-state index in [-0.39, 0.29) is 0 Å². The van der Waals surface area contributed by atoms with Crippen molar-refractivity contribution < 1.29 is 8.78 Å². The van der Waals surface area contributed by atoms with Gasteiger partial charge in [-0.3, -0.25) is 4.98 Å². The molecule has 0 radical (unpaired) electrons. The number of benzene rings is 1. The summed E-state index contributed by atoms with van der Waals surface area (Å²) in [5.41, 5.74) is 0.929. The number of halogens is 2. The summed E-state index contributed by atoms with van der Waals surface area (Å²) in [6, 6.07) is 6.67. The van der Waals surface area contributed by atoms with Gasteiger partial charge in [-0.25, -0.2) is 8.78 Å². The molecule has 2 aromatic rings. The predicted octanol–water partition coefficient (Wildman–Crippen LogP) is 3.56. The number of nitrogens with zero attached hydrogens (tertiary/aromatic N) is 1. The lowest BCUT2D eigenvalue weighted by molar-refractivity contribution is 0.584. The molecule has 3 nitrogen and oxygen atoms in total. The highest BCUT2D eigenvalue weighted by Crippen LogP contribution is 2.17. The zero-order valence-corrected chi connectivity index (χ0v) is 9.40. The summed E-state index contributed by atoms with van der Waals surface area (Å²) in [6.07, 6.45) is 6.53. The fourth-order valence-corrected chi connectivity index (χ4v) is 1.37. The molecular weight excluding hydrogens is 236 g/mol. The number of anilines is 2. The molecule has 2 rings (SSSR count). The van der Waals surface area contributed by atoms with E-state index in [9.17, 15) is 8.78 Å². The van der Waals surface area contributed by atoms with Crippen LogP contribution in [0.4, 0.5) is 20.2 Å². The molecule has 0 unspecified atom stereocenters. The van der Waals surface area contributed by atoms with E-state index in [1.807, 2.05) is 0 Å². The molecule has 2 N–H and O–H groups in total. The van der Waals surface area contributed by atoms with Crippen molar-refractivity contribution in [1.29, 1.82) is 0 Å². The molecule has 0 spiro atoms. The molecule has 5 heteroatoms. The van der Waals surface area contributed by atoms with Gasteiger partial charge in [0.05, 0.1) is 11.9 Å². The third-order valence-electron chi connectivity index (χ3n) is 2.09. The zero-order valence-electron chi connectivity index (χ0n) is 9.40. The van der Waals surface area contributed by atoms with Crippen molar-refractivity contribution in [2.45, 2.75) is 0 Å². The monoisotopic (exact) mass is 247 g/mol. The van der Waals surface area contributed by atoms with Crippen LogP contribution in [0.5, 0.6) is 0 Å². The maximum Gasteiger partial charge on any atom is 0.128 e. The summed E-state index contributed by atoms with van der Waals surface area (Å²) in [7, 11) is 0. The van der Waals surface area contributed by atoms with E-state index in [0.717, 1.165) is 6.07 Å². The topological polar surface area (TPSA) is 40.7 Å². The van der Waals surface area contributed by atoms with E-state index in [1.54, 1.807) is 36.9 Å². The average molecular weight is 247 g/mol. The molecule has 92 valence electrons. The van der Waals surface area contributed by atoms with Gasteiger partial charge >= 0.3 is 0 Å². The quantitative estimate of drug-likeness (QED) is 0.851. The number of H-pyrrole nitrogens is 1. The van der Waals surface area contributed by atoms with Gasteiger partial charge < -0.3 is 10.3 Å². The van der Waals surface area contributed by atoms with Crippen LogP contribution in [-0.4, -0.2) is 9.97 Å². The lowest BCUT2D eigenvalue weighted by Crippen LogP contribution is -1.91. The van der Waals surface area contributed by atoms with E-state index in [1.165, 1.54) is 12.1 Å². The summed E-state index contributed by atoms with van der Waals surface area (Å²) in [5.74, 6) is -1.26. The van der Waals surface area contributed by atoms with Gasteiger partial charge in [0.2, 0.25) is 0 Å². The highest BCUT2D eigenvalue weighted by Gasteiger charge is 2.00. The summed E-state index contributed by atoms with van der Waals surface area (Å²) in [6.45, 7) is 0. The summed E-state index contributed by atoms with van der Waals surface area (Å²) in [5, 5.41) is 2.87. The molecule has 1 aromatic heterocycles. The molecule has 0 bridgehead atoms. The Morgan fingerprint density at radius 3 is 2.56 bits per heavy atom. The van der Waals surface area contributed by atoms with Gasteiger partial charge in [0.25, 0.3) is 0 Å². The Balaban J connectivity index is 2.31. The minimum Gasteiger partial charge on any atom is -0.368 e. The molecule has 18 heavy (non-hydrogen) atoms. The Kier molecular flexibility index (Phi) is 3.86. The minimum atomic E-state index is -0.631. The molecule has 0 saturated heterocycles. The van der Waals surface area contributed by atoms with Gasteiger partial charge in [-0.05, 0) is 24.3 Å². The third-order valence-corrected chi connectivity index (χ3v) is 2.09. The van der Waals surface area contributed by atoms with E-state index < -0.39 is 11.6 Å². The Morgan fingerprint density at radius 1 is 1.00 bits per heavy atom. The Morgan fingerprint density at radius 2 is 1.78 bits per heavy atom. The number of aromatic nitrogens is 2. The average Bonchev–Trinajstić information content (AvgIpc) is 2.41. The van der Waals surface area contributed by atoms with Gasteiger partial charge in [0, 0.05) is 30.3 Å². The standard InChI is InChI=1S/C13H11F2N3/c14-10-6-11(15)8-13(7-10)18-12-2-5-16-3-1-4-17-9-12/h1-9,16,18H. The number of hydrogen-bond acceptors (Lipinski definition) is 2. The maximum absolute atomic E-state index is 13.0. The summed E-state index contributed by atoms with van der Waals surface area (Å²) < 4.78 is 26.0. The number of aromatic amines is 1. The van der Waals surface area contributed by atoms with Gasteiger partial charge in [-0.2, -0.15) is 0 Å². The lowest BCUT2D eigenvalue weighted by atomic mass is 10.3. The SMILES string of the molecule is Fc1cc(F)cc(Nc2cc[nH]cccnc2)c1. The van der Waals surface area contributed by atoms with Crippen LogP contribution >= 0.6 is 0 Å². The lowest BCUT2D eigenvalue weighted by Gasteiger charge is -2.04. The molecular formula is C13H11F2N3. The van der Waals surface area contributed by atoms with Gasteiger partial charge in [-0.1, -0.05) is 0 Å². The van der Waals surface area contributed by atoms with E-state index >= 15 is 0 Å². The van der Waals surface area contributed by atoms with Crippen LogP contribution in [0.15, 0.2) is 55.1 Å². The first kappa shape index (κ1) is 12.0. The van der Waals surface area contributed by atoms with Crippen molar-refractivity contribution in [2.75, 3.05) is 5.32 Å². The van der Waals surface area contributed by atoms with Crippen LogP contribution in [0.1, 0.15) is 0 Å². The first-order valence-electron chi connectivity index (χ1n) is 5.28. The second kappa shape index (κ2) is 5.77. The predicted molar refractivity (Wildman–Crippen MR) is 65.9 cm³/mol. The second-order valence-electron chi connectivity index (χ2n) is 3.52. The Hall–Kier alpha value is -2.43. The van der Waals surface area contributed by atoms with E-state index in [0.29, 0.717) is 11.4 Å². The van der Waals surface area contributed by atoms with Gasteiger partial charge in [0.15, 0.2) is 0 Å². The fraction of sp³-hybridized carbons (Fsp3) is 0. The van der Waals surface area contributed by atoms with Crippen LogP contribution in [0.25, 0.3) is 0 Å². The molecule has 0 aliphatic rings. The van der Waals surface area contributed by atoms with Gasteiger partial charge in [0.1, 0.15) is 11.6 Å². The van der Waals surface area contributed by atoms with Crippen LogP contribution in [0.2, 0.25) is 0 Å². The highest BCUT2D eigenvalue weighted by molar-refractivity contribution is 5.57. The number of nitrogens with one attached hydrogen (secondary N) is 2. The number of rotatable bonds is 2. The second-order valence-corrected chi connectivity index (χ2v) is 3.52. The molecule has 0 amide bonds. The molecule has 0 aliphatic heterocycles.